The summed E-state index contributed by atoms with van der Waals surface area (Å²) in [5.41, 5.74) is 0. The zero-order chi connectivity index (χ0) is 9.84. The molecule has 0 amide bonds. The highest BCUT2D eigenvalue weighted by Crippen LogP contribution is 2.28. The summed E-state index contributed by atoms with van der Waals surface area (Å²) in [4.78, 5) is 10.5. The van der Waals surface area contributed by atoms with E-state index < -0.39 is 6.29 Å². The zero-order valence-electron chi connectivity index (χ0n) is 7.98. The molecule has 0 spiro atoms. The number of carbonyl (C=O) groups is 1. The lowest BCUT2D eigenvalue weighted by molar-refractivity contribution is -0.145. The summed E-state index contributed by atoms with van der Waals surface area (Å²) in [5.74, 6) is -0.334. The van der Waals surface area contributed by atoms with Crippen LogP contribution in [0.3, 0.4) is 0 Å². The van der Waals surface area contributed by atoms with E-state index in [2.05, 4.69) is 0 Å². The Kier molecular flexibility index (Phi) is 3.65. The van der Waals surface area contributed by atoms with E-state index in [1.807, 2.05) is 0 Å². The lowest BCUT2D eigenvalue weighted by Crippen LogP contribution is -2.17. The quantitative estimate of drug-likeness (QED) is 0.354. The van der Waals surface area contributed by atoms with Gasteiger partial charge in [0.15, 0.2) is 6.29 Å². The maximum Gasteiger partial charge on any atom is 0.305 e. The number of esters is 1. The van der Waals surface area contributed by atoms with Crippen molar-refractivity contribution in [3.8, 4) is 0 Å². The molecule has 5 heteroatoms. The molecule has 76 valence electrons. The van der Waals surface area contributed by atoms with Crippen LogP contribution in [0.1, 0.15) is 13.3 Å². The van der Waals surface area contributed by atoms with Gasteiger partial charge in [-0.3, -0.25) is 4.79 Å². The Bertz CT molecular complexity index is 177. The number of carbonyl (C=O) groups excluding carboxylic acids is 1. The minimum atomic E-state index is -0.412. The van der Waals surface area contributed by atoms with Crippen molar-refractivity contribution in [2.75, 3.05) is 14.2 Å². The predicted octanol–water partition coefficient (Wildman–Crippen LogP) is 0.283. The van der Waals surface area contributed by atoms with E-state index in [0.29, 0.717) is 6.42 Å². The highest BCUT2D eigenvalue weighted by Gasteiger charge is 2.43. The first kappa shape index (κ1) is 10.4. The van der Waals surface area contributed by atoms with Gasteiger partial charge in [-0.2, -0.15) is 0 Å². The number of epoxide rings is 1. The largest absolute Gasteiger partial charge is 0.433 e. The van der Waals surface area contributed by atoms with E-state index >= 15 is 0 Å². The maximum absolute atomic E-state index is 10.5. The van der Waals surface area contributed by atoms with E-state index in [-0.39, 0.29) is 18.4 Å². The number of hydrogen-bond acceptors (Lipinski definition) is 5. The van der Waals surface area contributed by atoms with Gasteiger partial charge < -0.3 is 18.9 Å². The Labute approximate surface area is 76.9 Å². The molecule has 1 saturated heterocycles. The fourth-order valence-corrected chi connectivity index (χ4v) is 1.04. The van der Waals surface area contributed by atoms with Gasteiger partial charge in [0.2, 0.25) is 6.29 Å². The van der Waals surface area contributed by atoms with E-state index in [1.54, 1.807) is 14.2 Å². The molecule has 1 aliphatic heterocycles. The third-order valence-electron chi connectivity index (χ3n) is 1.77. The van der Waals surface area contributed by atoms with Gasteiger partial charge in [-0.1, -0.05) is 0 Å². The van der Waals surface area contributed by atoms with Crippen molar-refractivity contribution in [3.63, 3.8) is 0 Å². The first-order valence-electron chi connectivity index (χ1n) is 4.05. The molecule has 1 heterocycles. The molecule has 2 atom stereocenters. The standard InChI is InChI=1S/C8H14O5/c1-5(9)12-8-6(13-8)4-7(10-2)11-3/h6-8H,4H2,1-3H3/t6-,8+/m0/s1. The summed E-state index contributed by atoms with van der Waals surface area (Å²) in [5, 5.41) is 0. The predicted molar refractivity (Wildman–Crippen MR) is 42.9 cm³/mol. The third kappa shape index (κ3) is 3.30. The number of ether oxygens (including phenoxy) is 4. The van der Waals surface area contributed by atoms with Gasteiger partial charge in [-0.05, 0) is 0 Å². The van der Waals surface area contributed by atoms with Crippen molar-refractivity contribution >= 4 is 5.97 Å². The Morgan fingerprint density at radius 1 is 1.46 bits per heavy atom. The highest BCUT2D eigenvalue weighted by molar-refractivity contribution is 5.66. The molecule has 0 radical (unpaired) electrons. The molecule has 0 aliphatic carbocycles. The van der Waals surface area contributed by atoms with Crippen LogP contribution in [0.5, 0.6) is 0 Å². The van der Waals surface area contributed by atoms with Gasteiger partial charge in [0.05, 0.1) is 0 Å². The zero-order valence-corrected chi connectivity index (χ0v) is 7.98. The molecule has 0 aromatic rings. The van der Waals surface area contributed by atoms with Gasteiger partial charge in [0, 0.05) is 27.6 Å². The first-order chi connectivity index (χ1) is 6.17. The summed E-state index contributed by atoms with van der Waals surface area (Å²) in [6.45, 7) is 1.35. The second-order valence-electron chi connectivity index (χ2n) is 2.79. The molecule has 1 fully saturated rings. The van der Waals surface area contributed by atoms with Crippen LogP contribution in [-0.2, 0) is 23.7 Å². The van der Waals surface area contributed by atoms with Gasteiger partial charge in [0.25, 0.3) is 0 Å². The molecular formula is C8H14O5. The van der Waals surface area contributed by atoms with E-state index in [1.165, 1.54) is 6.92 Å². The molecule has 0 saturated carbocycles. The van der Waals surface area contributed by atoms with Crippen LogP contribution in [0, 0.1) is 0 Å². The highest BCUT2D eigenvalue weighted by atomic mass is 16.8. The van der Waals surface area contributed by atoms with E-state index in [4.69, 9.17) is 18.9 Å². The fraction of sp³-hybridized carbons (Fsp3) is 0.875. The summed E-state index contributed by atoms with van der Waals surface area (Å²) in [7, 11) is 3.11. The van der Waals surface area contributed by atoms with Gasteiger partial charge >= 0.3 is 5.97 Å². The maximum atomic E-state index is 10.5. The van der Waals surface area contributed by atoms with Crippen molar-refractivity contribution in [3.05, 3.63) is 0 Å². The average molecular weight is 190 g/mol. The van der Waals surface area contributed by atoms with Crippen LogP contribution < -0.4 is 0 Å². The van der Waals surface area contributed by atoms with Crippen molar-refractivity contribution in [2.45, 2.75) is 32.0 Å². The monoisotopic (exact) mass is 190 g/mol. The molecular weight excluding hydrogens is 176 g/mol. The minimum Gasteiger partial charge on any atom is -0.433 e. The topological polar surface area (TPSA) is 57.3 Å². The Hall–Kier alpha value is -0.650. The summed E-state index contributed by atoms with van der Waals surface area (Å²) in [6, 6.07) is 0. The van der Waals surface area contributed by atoms with Gasteiger partial charge in [-0.25, -0.2) is 0 Å². The number of hydrogen-bond donors (Lipinski definition) is 0. The first-order valence-corrected chi connectivity index (χ1v) is 4.05. The van der Waals surface area contributed by atoms with Crippen LogP contribution in [0.25, 0.3) is 0 Å². The van der Waals surface area contributed by atoms with Crippen molar-refractivity contribution < 1.29 is 23.7 Å². The Morgan fingerprint density at radius 2 is 2.08 bits per heavy atom. The molecule has 0 aromatic heterocycles. The lowest BCUT2D eigenvalue weighted by Gasteiger charge is -2.10. The summed E-state index contributed by atoms with van der Waals surface area (Å²) < 4.78 is 19.8. The van der Waals surface area contributed by atoms with Crippen LogP contribution in [-0.4, -0.2) is 38.9 Å². The molecule has 0 bridgehead atoms. The Morgan fingerprint density at radius 3 is 2.54 bits per heavy atom. The molecule has 1 aliphatic rings. The van der Waals surface area contributed by atoms with Gasteiger partial charge in [-0.15, -0.1) is 0 Å². The van der Waals surface area contributed by atoms with Crippen LogP contribution in [0.15, 0.2) is 0 Å². The third-order valence-corrected chi connectivity index (χ3v) is 1.77. The number of rotatable bonds is 5. The Balaban J connectivity index is 2.16. The smallest absolute Gasteiger partial charge is 0.305 e. The molecule has 1 rings (SSSR count). The summed E-state index contributed by atoms with van der Waals surface area (Å²) in [6.07, 6.45) is -0.227. The number of methoxy groups -OCH3 is 2. The molecule has 0 N–H and O–H groups in total. The molecule has 5 nitrogen and oxygen atoms in total. The van der Waals surface area contributed by atoms with Gasteiger partial charge in [0.1, 0.15) is 6.10 Å². The fourth-order valence-electron chi connectivity index (χ4n) is 1.04. The van der Waals surface area contributed by atoms with Crippen molar-refractivity contribution in [1.29, 1.82) is 0 Å². The lowest BCUT2D eigenvalue weighted by atomic mass is 10.3. The van der Waals surface area contributed by atoms with Crippen LogP contribution >= 0.6 is 0 Å². The minimum absolute atomic E-state index is 0.0891. The molecule has 0 aromatic carbocycles. The second-order valence-corrected chi connectivity index (χ2v) is 2.79. The van der Waals surface area contributed by atoms with E-state index in [9.17, 15) is 4.79 Å². The van der Waals surface area contributed by atoms with E-state index in [0.717, 1.165) is 0 Å². The summed E-state index contributed by atoms with van der Waals surface area (Å²) >= 11 is 0. The van der Waals surface area contributed by atoms with Crippen LogP contribution in [0.2, 0.25) is 0 Å². The SMILES string of the molecule is COC(C[C@@H]1O[C@H]1OC(C)=O)OC. The molecule has 13 heavy (non-hydrogen) atoms. The van der Waals surface area contributed by atoms with Crippen molar-refractivity contribution in [2.24, 2.45) is 0 Å². The molecule has 0 unspecified atom stereocenters. The normalized spacial score (nSPS) is 26.2. The van der Waals surface area contributed by atoms with Crippen LogP contribution in [0.4, 0.5) is 0 Å². The second kappa shape index (κ2) is 4.55. The van der Waals surface area contributed by atoms with Crippen molar-refractivity contribution in [1.82, 2.24) is 0 Å². The average Bonchev–Trinajstić information content (AvgIpc) is 2.78.